The zero-order valence-corrected chi connectivity index (χ0v) is 11.8. The maximum Gasteiger partial charge on any atom is 0.182 e. The number of thiazole rings is 1. The number of imidazole rings is 1. The molecule has 4 aromatic rings. The van der Waals surface area contributed by atoms with Crippen LogP contribution in [0.15, 0.2) is 41.9 Å². The Hall–Kier alpha value is -2.05. The topological polar surface area (TPSA) is 33.6 Å². The number of hydrogen-bond acceptors (Lipinski definition) is 3. The molecule has 2 heterocycles. The molecular weight excluding hydrogens is 293 g/mol. The van der Waals surface area contributed by atoms with Crippen LogP contribution in [0.25, 0.3) is 26.9 Å². The summed E-state index contributed by atoms with van der Waals surface area (Å²) < 4.78 is 17.2. The van der Waals surface area contributed by atoms with E-state index in [0.717, 1.165) is 21.4 Å². The van der Waals surface area contributed by atoms with E-state index >= 15 is 0 Å². The molecule has 0 saturated heterocycles. The van der Waals surface area contributed by atoms with Crippen LogP contribution < -0.4 is 0 Å². The predicted molar refractivity (Wildman–Crippen MR) is 81.6 cm³/mol. The third-order valence-electron chi connectivity index (χ3n) is 3.24. The van der Waals surface area contributed by atoms with Gasteiger partial charge in [0.15, 0.2) is 4.77 Å². The summed E-state index contributed by atoms with van der Waals surface area (Å²) in [6.07, 6.45) is 0. The number of para-hydroxylation sites is 1. The molecule has 0 saturated carbocycles. The minimum Gasteiger partial charge on any atom is -0.328 e. The van der Waals surface area contributed by atoms with Gasteiger partial charge >= 0.3 is 0 Å². The zero-order chi connectivity index (χ0) is 13.7. The molecule has 1 N–H and O–H groups in total. The Morgan fingerprint density at radius 1 is 1.25 bits per heavy atom. The molecule has 0 bridgehead atoms. The Morgan fingerprint density at radius 3 is 3.05 bits per heavy atom. The van der Waals surface area contributed by atoms with Crippen molar-refractivity contribution in [3.05, 3.63) is 52.5 Å². The molecule has 4 rings (SSSR count). The van der Waals surface area contributed by atoms with Crippen molar-refractivity contribution in [2.45, 2.75) is 0 Å². The van der Waals surface area contributed by atoms with Gasteiger partial charge in [-0.1, -0.05) is 6.07 Å². The summed E-state index contributed by atoms with van der Waals surface area (Å²) in [6, 6.07) is 10.9. The van der Waals surface area contributed by atoms with Gasteiger partial charge in [0.1, 0.15) is 11.3 Å². The van der Waals surface area contributed by atoms with Gasteiger partial charge in [-0.25, -0.2) is 9.37 Å². The highest BCUT2D eigenvalue weighted by atomic mass is 32.1. The standard InChI is InChI=1S/C14H8FN3S2/c15-9-2-1-3-11-13(9)17-14(19)18(11)8-4-5-10-12(6-8)20-7-16-10/h1-7H,(H,17,19). The van der Waals surface area contributed by atoms with E-state index in [0.29, 0.717) is 10.3 Å². The van der Waals surface area contributed by atoms with Gasteiger partial charge in [0, 0.05) is 5.69 Å². The Morgan fingerprint density at radius 2 is 2.15 bits per heavy atom. The first-order valence-corrected chi connectivity index (χ1v) is 7.26. The molecule has 20 heavy (non-hydrogen) atoms. The molecule has 0 aliphatic carbocycles. The number of nitrogens with one attached hydrogen (secondary N) is 1. The van der Waals surface area contributed by atoms with Crippen LogP contribution in [0.5, 0.6) is 0 Å². The minimum absolute atomic E-state index is 0.300. The van der Waals surface area contributed by atoms with Crippen molar-refractivity contribution in [1.82, 2.24) is 14.5 Å². The van der Waals surface area contributed by atoms with Crippen molar-refractivity contribution in [3.8, 4) is 5.69 Å². The number of rotatable bonds is 1. The lowest BCUT2D eigenvalue weighted by atomic mass is 10.2. The zero-order valence-electron chi connectivity index (χ0n) is 10.1. The third kappa shape index (κ3) is 1.62. The maximum absolute atomic E-state index is 13.8. The lowest BCUT2D eigenvalue weighted by Gasteiger charge is -2.04. The summed E-state index contributed by atoms with van der Waals surface area (Å²) in [4.78, 5) is 7.18. The average molecular weight is 301 g/mol. The van der Waals surface area contributed by atoms with Gasteiger partial charge in [-0.3, -0.25) is 4.57 Å². The van der Waals surface area contributed by atoms with Crippen molar-refractivity contribution in [3.63, 3.8) is 0 Å². The molecular formula is C14H8FN3S2. The van der Waals surface area contributed by atoms with Crippen molar-refractivity contribution in [2.24, 2.45) is 0 Å². The molecule has 0 aliphatic rings. The second-order valence-corrected chi connectivity index (χ2v) is 5.68. The average Bonchev–Trinajstić information content (AvgIpc) is 3.02. The second-order valence-electron chi connectivity index (χ2n) is 4.40. The summed E-state index contributed by atoms with van der Waals surface area (Å²) in [6.45, 7) is 0. The lowest BCUT2D eigenvalue weighted by molar-refractivity contribution is 0.637. The van der Waals surface area contributed by atoms with Gasteiger partial charge in [0.25, 0.3) is 0 Å². The van der Waals surface area contributed by atoms with Gasteiger partial charge in [-0.15, -0.1) is 11.3 Å². The summed E-state index contributed by atoms with van der Waals surface area (Å²) in [5, 5.41) is 0. The van der Waals surface area contributed by atoms with Gasteiger partial charge < -0.3 is 4.98 Å². The van der Waals surface area contributed by atoms with E-state index in [1.165, 1.54) is 6.07 Å². The van der Waals surface area contributed by atoms with Crippen LogP contribution in [0.1, 0.15) is 0 Å². The quantitative estimate of drug-likeness (QED) is 0.527. The highest BCUT2D eigenvalue weighted by molar-refractivity contribution is 7.71. The molecule has 3 nitrogen and oxygen atoms in total. The number of nitrogens with zero attached hydrogens (tertiary/aromatic N) is 2. The fraction of sp³-hybridized carbons (Fsp3) is 0. The van der Waals surface area contributed by atoms with Gasteiger partial charge in [0.05, 0.1) is 21.2 Å². The highest BCUT2D eigenvalue weighted by Gasteiger charge is 2.10. The monoisotopic (exact) mass is 301 g/mol. The fourth-order valence-corrected chi connectivity index (χ4v) is 3.35. The van der Waals surface area contributed by atoms with Crippen LogP contribution in [0, 0.1) is 10.6 Å². The number of fused-ring (bicyclic) bond motifs is 2. The molecule has 2 aromatic heterocycles. The number of benzene rings is 2. The number of H-pyrrole nitrogens is 1. The predicted octanol–water partition coefficient (Wildman–Crippen LogP) is 4.44. The van der Waals surface area contributed by atoms with E-state index < -0.39 is 0 Å². The van der Waals surface area contributed by atoms with Gasteiger partial charge in [-0.2, -0.15) is 0 Å². The summed E-state index contributed by atoms with van der Waals surface area (Å²) in [5.74, 6) is -0.300. The van der Waals surface area contributed by atoms with Gasteiger partial charge in [0.2, 0.25) is 0 Å². The van der Waals surface area contributed by atoms with Crippen LogP contribution in [0.2, 0.25) is 0 Å². The number of aromatic amines is 1. The van der Waals surface area contributed by atoms with Crippen molar-refractivity contribution in [1.29, 1.82) is 0 Å². The highest BCUT2D eigenvalue weighted by Crippen LogP contribution is 2.25. The number of aromatic nitrogens is 3. The normalized spacial score (nSPS) is 11.4. The Bertz CT molecular complexity index is 996. The van der Waals surface area contributed by atoms with E-state index in [1.807, 2.05) is 34.3 Å². The SMILES string of the molecule is Fc1cccc2c1[nH]c(=S)n2-c1ccc2ncsc2c1. The Labute approximate surface area is 122 Å². The largest absolute Gasteiger partial charge is 0.328 e. The third-order valence-corrected chi connectivity index (χ3v) is 4.32. The lowest BCUT2D eigenvalue weighted by Crippen LogP contribution is -1.93. The van der Waals surface area contributed by atoms with Crippen LogP contribution in [0.3, 0.4) is 0 Å². The van der Waals surface area contributed by atoms with E-state index in [2.05, 4.69) is 9.97 Å². The van der Waals surface area contributed by atoms with Gasteiger partial charge in [-0.05, 0) is 42.5 Å². The van der Waals surface area contributed by atoms with Crippen LogP contribution in [-0.2, 0) is 0 Å². The summed E-state index contributed by atoms with van der Waals surface area (Å²) >= 11 is 6.90. The summed E-state index contributed by atoms with van der Waals surface area (Å²) in [7, 11) is 0. The van der Waals surface area contributed by atoms with Crippen molar-refractivity contribution < 1.29 is 4.39 Å². The first kappa shape index (κ1) is 11.7. The maximum atomic E-state index is 13.8. The molecule has 6 heteroatoms. The first-order chi connectivity index (χ1) is 9.74. The molecule has 0 aliphatic heterocycles. The van der Waals surface area contributed by atoms with E-state index in [1.54, 1.807) is 17.4 Å². The Kier molecular flexibility index (Phi) is 2.48. The van der Waals surface area contributed by atoms with E-state index in [-0.39, 0.29) is 5.82 Å². The van der Waals surface area contributed by atoms with Crippen LogP contribution in [-0.4, -0.2) is 14.5 Å². The second kappa shape index (κ2) is 4.22. The fourth-order valence-electron chi connectivity index (χ4n) is 2.33. The smallest absolute Gasteiger partial charge is 0.182 e. The van der Waals surface area contributed by atoms with E-state index in [4.69, 9.17) is 12.2 Å². The van der Waals surface area contributed by atoms with Crippen LogP contribution >= 0.6 is 23.6 Å². The molecule has 0 amide bonds. The van der Waals surface area contributed by atoms with Crippen molar-refractivity contribution in [2.75, 3.05) is 0 Å². The van der Waals surface area contributed by atoms with E-state index in [9.17, 15) is 4.39 Å². The molecule has 0 radical (unpaired) electrons. The number of hydrogen-bond donors (Lipinski definition) is 1. The molecule has 0 spiro atoms. The number of halogens is 1. The Balaban J connectivity index is 2.08. The summed E-state index contributed by atoms with van der Waals surface area (Å²) in [5.41, 5.74) is 4.84. The molecule has 2 aromatic carbocycles. The molecule has 0 fully saturated rings. The van der Waals surface area contributed by atoms with Crippen LogP contribution in [0.4, 0.5) is 4.39 Å². The molecule has 0 atom stereocenters. The first-order valence-electron chi connectivity index (χ1n) is 5.97. The van der Waals surface area contributed by atoms with Crippen molar-refractivity contribution >= 4 is 44.8 Å². The molecule has 0 unspecified atom stereocenters. The molecule has 98 valence electrons. The minimum atomic E-state index is -0.300.